The number of aliphatic hydroxyl groups excluding tert-OH is 1. The van der Waals surface area contributed by atoms with E-state index >= 15 is 0 Å². The minimum Gasteiger partial charge on any atom is -0.507 e. The van der Waals surface area contributed by atoms with Crippen LogP contribution in [0.4, 0.5) is 0 Å². The molecule has 7 heteroatoms. The number of fused-ring (bicyclic) bond motifs is 1. The number of ether oxygens (including phenoxy) is 1. The minimum atomic E-state index is -0.722. The summed E-state index contributed by atoms with van der Waals surface area (Å²) in [6.07, 6.45) is 0.672. The predicted octanol–water partition coefficient (Wildman–Crippen LogP) is 4.97. The van der Waals surface area contributed by atoms with Gasteiger partial charge in [-0.1, -0.05) is 36.7 Å². The summed E-state index contributed by atoms with van der Waals surface area (Å²) in [5.74, 6) is -1.29. The van der Waals surface area contributed by atoms with E-state index < -0.39 is 17.7 Å². The number of H-pyrrole nitrogens is 1. The summed E-state index contributed by atoms with van der Waals surface area (Å²) in [5.41, 5.74) is 2.83. The van der Waals surface area contributed by atoms with Crippen molar-refractivity contribution >= 4 is 40.0 Å². The molecule has 2 N–H and O–H groups in total. The summed E-state index contributed by atoms with van der Waals surface area (Å²) in [5, 5.41) is 12.6. The number of halogens is 1. The Labute approximate surface area is 185 Å². The van der Waals surface area contributed by atoms with E-state index in [-0.39, 0.29) is 16.9 Å². The van der Waals surface area contributed by atoms with Gasteiger partial charge in [0.05, 0.1) is 24.3 Å². The minimum absolute atomic E-state index is 0.0341. The fourth-order valence-corrected chi connectivity index (χ4v) is 4.48. The third kappa shape index (κ3) is 3.37. The number of aromatic amines is 1. The van der Waals surface area contributed by atoms with Gasteiger partial charge in [0.2, 0.25) is 0 Å². The number of para-hydroxylation sites is 1. The molecule has 1 aliphatic heterocycles. The molecule has 1 unspecified atom stereocenters. The second kappa shape index (κ2) is 8.12. The second-order valence-corrected chi connectivity index (χ2v) is 7.98. The first-order valence-electron chi connectivity index (χ1n) is 10.1. The third-order valence-electron chi connectivity index (χ3n) is 5.64. The monoisotopic (exact) mass is 438 g/mol. The van der Waals surface area contributed by atoms with E-state index in [4.69, 9.17) is 16.3 Å². The molecule has 1 saturated heterocycles. The topological polar surface area (TPSA) is 82.6 Å². The van der Waals surface area contributed by atoms with E-state index in [1.807, 2.05) is 38.1 Å². The number of hydrogen-bond acceptors (Lipinski definition) is 4. The first-order valence-corrected chi connectivity index (χ1v) is 10.5. The Morgan fingerprint density at radius 3 is 2.68 bits per heavy atom. The number of aliphatic hydroxyl groups is 1. The van der Waals surface area contributed by atoms with Crippen LogP contribution < -0.4 is 4.74 Å². The van der Waals surface area contributed by atoms with E-state index in [0.29, 0.717) is 23.7 Å². The Hall–Kier alpha value is -3.25. The number of nitrogens with zero attached hydrogens (tertiary/aromatic N) is 1. The van der Waals surface area contributed by atoms with Crippen LogP contribution in [0, 0.1) is 6.92 Å². The van der Waals surface area contributed by atoms with Gasteiger partial charge in [0.1, 0.15) is 11.5 Å². The molecule has 1 atom stereocenters. The van der Waals surface area contributed by atoms with Crippen LogP contribution in [0.5, 0.6) is 5.75 Å². The maximum absolute atomic E-state index is 13.1. The van der Waals surface area contributed by atoms with Gasteiger partial charge in [-0.2, -0.15) is 0 Å². The average molecular weight is 439 g/mol. The summed E-state index contributed by atoms with van der Waals surface area (Å²) >= 11 is 6.15. The zero-order valence-corrected chi connectivity index (χ0v) is 18.3. The Balaban J connectivity index is 2.03. The van der Waals surface area contributed by atoms with Crippen molar-refractivity contribution in [3.63, 3.8) is 0 Å². The zero-order chi connectivity index (χ0) is 22.3. The number of aryl methyl sites for hydroxylation is 1. The van der Waals surface area contributed by atoms with Crippen LogP contribution in [0.1, 0.15) is 36.2 Å². The molecule has 1 fully saturated rings. The largest absolute Gasteiger partial charge is 0.507 e. The molecule has 6 nitrogen and oxygen atoms in total. The molecule has 0 aliphatic carbocycles. The number of rotatable bonds is 5. The normalized spacial score (nSPS) is 18.2. The van der Waals surface area contributed by atoms with Crippen LogP contribution in [-0.2, 0) is 9.59 Å². The number of ketones is 1. The summed E-state index contributed by atoms with van der Waals surface area (Å²) < 4.78 is 5.37. The van der Waals surface area contributed by atoms with E-state index in [9.17, 15) is 14.7 Å². The molecule has 2 heterocycles. The van der Waals surface area contributed by atoms with Gasteiger partial charge in [-0.3, -0.25) is 9.59 Å². The van der Waals surface area contributed by atoms with Gasteiger partial charge < -0.3 is 19.7 Å². The third-order valence-corrected chi connectivity index (χ3v) is 5.87. The number of nitrogens with one attached hydrogen (secondary N) is 1. The van der Waals surface area contributed by atoms with Crippen LogP contribution >= 0.6 is 11.6 Å². The van der Waals surface area contributed by atoms with Gasteiger partial charge in [0.15, 0.2) is 0 Å². The molecule has 0 bridgehead atoms. The molecule has 1 aromatic heterocycles. The highest BCUT2D eigenvalue weighted by molar-refractivity contribution is 6.46. The van der Waals surface area contributed by atoms with E-state index in [0.717, 1.165) is 22.2 Å². The van der Waals surface area contributed by atoms with Gasteiger partial charge in [0, 0.05) is 33.7 Å². The first kappa shape index (κ1) is 21.0. The molecule has 1 aliphatic rings. The SMILES string of the molecule is CCCN1C(=O)C(=O)/C(=C(/O)c2cc(Cl)ccc2OC)C1c1c(C)[nH]c2ccccc12. The molecule has 0 spiro atoms. The van der Waals surface area contributed by atoms with Gasteiger partial charge in [-0.25, -0.2) is 0 Å². The molecule has 4 rings (SSSR count). The lowest BCUT2D eigenvalue weighted by Gasteiger charge is -2.25. The van der Waals surface area contributed by atoms with Crippen LogP contribution in [-0.4, -0.2) is 40.3 Å². The number of carbonyl (C=O) groups excluding carboxylic acids is 2. The maximum Gasteiger partial charge on any atom is 0.295 e. The fourth-order valence-electron chi connectivity index (χ4n) is 4.31. The number of methoxy groups -OCH3 is 1. The first-order chi connectivity index (χ1) is 14.9. The van der Waals surface area contributed by atoms with Crippen LogP contribution in [0.15, 0.2) is 48.0 Å². The Morgan fingerprint density at radius 2 is 1.97 bits per heavy atom. The molecule has 31 heavy (non-hydrogen) atoms. The summed E-state index contributed by atoms with van der Waals surface area (Å²) in [6, 6.07) is 11.8. The molecule has 3 aromatic rings. The lowest BCUT2D eigenvalue weighted by Crippen LogP contribution is -2.30. The van der Waals surface area contributed by atoms with Crippen molar-refractivity contribution < 1.29 is 19.4 Å². The van der Waals surface area contributed by atoms with E-state index in [1.165, 1.54) is 18.1 Å². The number of likely N-dealkylation sites (tertiary alicyclic amines) is 1. The molecule has 1 amide bonds. The molecular formula is C24H23ClN2O4. The highest BCUT2D eigenvalue weighted by atomic mass is 35.5. The highest BCUT2D eigenvalue weighted by Crippen LogP contribution is 2.44. The van der Waals surface area contributed by atoms with Gasteiger partial charge in [-0.15, -0.1) is 0 Å². The van der Waals surface area contributed by atoms with Crippen molar-refractivity contribution in [2.24, 2.45) is 0 Å². The van der Waals surface area contributed by atoms with Gasteiger partial charge in [0.25, 0.3) is 11.7 Å². The van der Waals surface area contributed by atoms with Crippen LogP contribution in [0.2, 0.25) is 5.02 Å². The fraction of sp³-hybridized carbons (Fsp3) is 0.250. The number of amides is 1. The number of carbonyl (C=O) groups is 2. The second-order valence-electron chi connectivity index (χ2n) is 7.55. The Morgan fingerprint density at radius 1 is 1.23 bits per heavy atom. The summed E-state index contributed by atoms with van der Waals surface area (Å²) in [6.45, 7) is 4.23. The van der Waals surface area contributed by atoms with Crippen molar-refractivity contribution in [2.75, 3.05) is 13.7 Å². The Kier molecular flexibility index (Phi) is 5.50. The number of benzene rings is 2. The zero-order valence-electron chi connectivity index (χ0n) is 17.5. The number of aromatic nitrogens is 1. The van der Waals surface area contributed by atoms with Crippen molar-refractivity contribution in [1.29, 1.82) is 0 Å². The predicted molar refractivity (Wildman–Crippen MR) is 120 cm³/mol. The van der Waals surface area contributed by atoms with Crippen LogP contribution in [0.25, 0.3) is 16.7 Å². The Bertz CT molecular complexity index is 1230. The molecule has 2 aromatic carbocycles. The van der Waals surface area contributed by atoms with Gasteiger partial charge >= 0.3 is 0 Å². The van der Waals surface area contributed by atoms with Gasteiger partial charge in [-0.05, 0) is 37.6 Å². The van der Waals surface area contributed by atoms with Crippen molar-refractivity contribution in [1.82, 2.24) is 9.88 Å². The van der Waals surface area contributed by atoms with E-state index in [2.05, 4.69) is 4.98 Å². The average Bonchev–Trinajstić information content (AvgIpc) is 3.21. The summed E-state index contributed by atoms with van der Waals surface area (Å²) in [4.78, 5) is 31.0. The smallest absolute Gasteiger partial charge is 0.295 e. The highest BCUT2D eigenvalue weighted by Gasteiger charge is 2.47. The van der Waals surface area contributed by atoms with E-state index in [1.54, 1.807) is 12.1 Å². The number of hydrogen-bond donors (Lipinski definition) is 2. The van der Waals surface area contributed by atoms with Crippen molar-refractivity contribution in [2.45, 2.75) is 26.3 Å². The van der Waals surface area contributed by atoms with Crippen molar-refractivity contribution in [3.8, 4) is 5.75 Å². The summed E-state index contributed by atoms with van der Waals surface area (Å²) in [7, 11) is 1.47. The van der Waals surface area contributed by atoms with Crippen LogP contribution in [0.3, 0.4) is 0 Å². The molecular weight excluding hydrogens is 416 g/mol. The molecule has 160 valence electrons. The quantitative estimate of drug-likeness (QED) is 0.334. The van der Waals surface area contributed by atoms with Crippen molar-refractivity contribution in [3.05, 3.63) is 69.9 Å². The lowest BCUT2D eigenvalue weighted by atomic mass is 9.93. The lowest BCUT2D eigenvalue weighted by molar-refractivity contribution is -0.139. The molecule has 0 radical (unpaired) electrons. The maximum atomic E-state index is 13.1. The molecule has 0 saturated carbocycles. The number of Topliss-reactive ketones (excluding diaryl/α,β-unsaturated/α-hetero) is 1. The standard InChI is InChI=1S/C24H23ClN2O4/c1-4-11-27-21(19-13(2)26-17-8-6-5-7-15(17)19)20(23(29)24(27)30)22(28)16-12-14(25)9-10-18(16)31-3/h5-10,12,21,26,28H,4,11H2,1-3H3/b22-20+.